The molecule has 4 aromatic carbocycles. The van der Waals surface area contributed by atoms with Crippen molar-refractivity contribution >= 4 is 64.5 Å². The number of ether oxygens (including phenoxy) is 2. The number of halogens is 2. The lowest BCUT2D eigenvalue weighted by Crippen LogP contribution is -2.52. The van der Waals surface area contributed by atoms with E-state index in [2.05, 4.69) is 22.8 Å². The highest BCUT2D eigenvalue weighted by Gasteiger charge is 2.38. The molecule has 0 bridgehead atoms. The van der Waals surface area contributed by atoms with Gasteiger partial charge in [0, 0.05) is 23.8 Å². The van der Waals surface area contributed by atoms with Crippen LogP contribution < -0.4 is 10.6 Å². The molecule has 1 heterocycles. The van der Waals surface area contributed by atoms with Gasteiger partial charge in [-0.25, -0.2) is 9.59 Å². The number of amides is 3. The number of nitrogens with zero attached hydrogens (tertiary/aromatic N) is 1. The van der Waals surface area contributed by atoms with E-state index in [4.69, 9.17) is 32.7 Å². The second kappa shape index (κ2) is 14.7. The number of benzene rings is 4. The van der Waals surface area contributed by atoms with Crippen LogP contribution in [0.4, 0.5) is 10.5 Å². The maximum Gasteiger partial charge on any atom is 0.411 e. The summed E-state index contributed by atoms with van der Waals surface area (Å²) in [6.45, 7) is 0.134. The van der Waals surface area contributed by atoms with Gasteiger partial charge in [0.2, 0.25) is 5.91 Å². The van der Waals surface area contributed by atoms with Crippen LogP contribution in [0, 0.1) is 0 Å². The van der Waals surface area contributed by atoms with Gasteiger partial charge in [-0.05, 0) is 52.1 Å². The molecular weight excluding hydrogens is 673 g/mol. The molecule has 246 valence electrons. The van der Waals surface area contributed by atoms with E-state index in [0.717, 1.165) is 22.3 Å². The molecule has 1 aliphatic heterocycles. The Balaban J connectivity index is 1.08. The maximum atomic E-state index is 13.5. The number of rotatable bonds is 9. The van der Waals surface area contributed by atoms with E-state index in [0.29, 0.717) is 17.0 Å². The molecule has 0 spiro atoms. The topological polar surface area (TPSA) is 114 Å². The van der Waals surface area contributed by atoms with Crippen molar-refractivity contribution in [2.45, 2.75) is 24.4 Å². The largest absolute Gasteiger partial charge is 0.467 e. The lowest BCUT2D eigenvalue weighted by atomic mass is 9.98. The fourth-order valence-electron chi connectivity index (χ4n) is 5.99. The van der Waals surface area contributed by atoms with E-state index < -0.39 is 36.0 Å². The Morgan fingerprint density at radius 2 is 1.50 bits per heavy atom. The zero-order chi connectivity index (χ0) is 33.8. The quantitative estimate of drug-likeness (QED) is 0.185. The van der Waals surface area contributed by atoms with Crippen LogP contribution in [0.15, 0.2) is 91.0 Å². The minimum Gasteiger partial charge on any atom is -0.467 e. The van der Waals surface area contributed by atoms with Gasteiger partial charge in [-0.15, -0.1) is 11.8 Å². The normalized spacial score (nSPS) is 15.6. The standard InChI is InChI=1S/C36H31Cl2N3O6S/c1-46-35(44)30(17-21-13-15-22(16-14-21)39-34(43)32-28(37)11-6-12-29(32)38)40-33(42)31-19-48-20-41(31)36(45)47-18-27-25-9-4-2-7-23(25)24-8-3-5-10-26(24)27/h2-16,27,30-31H,17-20H2,1H3,(H,39,43)(H,40,42). The van der Waals surface area contributed by atoms with E-state index in [1.54, 1.807) is 42.5 Å². The highest BCUT2D eigenvalue weighted by molar-refractivity contribution is 7.99. The molecule has 1 fully saturated rings. The number of carbonyl (C=O) groups is 4. The van der Waals surface area contributed by atoms with Crippen LogP contribution in [0.5, 0.6) is 0 Å². The molecule has 0 aromatic heterocycles. The van der Waals surface area contributed by atoms with Crippen LogP contribution >= 0.6 is 35.0 Å². The van der Waals surface area contributed by atoms with Crippen molar-refractivity contribution in [1.29, 1.82) is 0 Å². The Morgan fingerprint density at radius 1 is 0.875 bits per heavy atom. The first kappa shape index (κ1) is 33.4. The highest BCUT2D eigenvalue weighted by Crippen LogP contribution is 2.44. The molecule has 0 radical (unpaired) electrons. The highest BCUT2D eigenvalue weighted by atomic mass is 35.5. The van der Waals surface area contributed by atoms with E-state index >= 15 is 0 Å². The number of nitrogens with one attached hydrogen (secondary N) is 2. The van der Waals surface area contributed by atoms with Crippen molar-refractivity contribution in [3.8, 4) is 11.1 Å². The second-order valence-corrected chi connectivity index (χ2v) is 13.1. The van der Waals surface area contributed by atoms with E-state index in [1.807, 2.05) is 36.4 Å². The van der Waals surface area contributed by atoms with Gasteiger partial charge in [0.1, 0.15) is 18.7 Å². The van der Waals surface area contributed by atoms with E-state index in [9.17, 15) is 19.2 Å². The number of methoxy groups -OCH3 is 1. The van der Waals surface area contributed by atoms with Crippen LogP contribution in [-0.2, 0) is 25.5 Å². The summed E-state index contributed by atoms with van der Waals surface area (Å²) in [6, 6.07) is 25.9. The number of hydrogen-bond acceptors (Lipinski definition) is 7. The number of anilines is 1. The smallest absolute Gasteiger partial charge is 0.411 e. The number of fused-ring (bicyclic) bond motifs is 3. The van der Waals surface area contributed by atoms with Gasteiger partial charge in [0.25, 0.3) is 5.91 Å². The first-order chi connectivity index (χ1) is 23.2. The lowest BCUT2D eigenvalue weighted by molar-refractivity contribution is -0.145. The van der Waals surface area contributed by atoms with Gasteiger partial charge in [0.05, 0.1) is 28.6 Å². The molecule has 3 amide bonds. The summed E-state index contributed by atoms with van der Waals surface area (Å²) in [7, 11) is 1.24. The Labute approximate surface area is 291 Å². The first-order valence-corrected chi connectivity index (χ1v) is 17.1. The predicted octanol–water partition coefficient (Wildman–Crippen LogP) is 6.77. The molecule has 2 aliphatic rings. The summed E-state index contributed by atoms with van der Waals surface area (Å²) in [6.07, 6.45) is -0.472. The predicted molar refractivity (Wildman–Crippen MR) is 187 cm³/mol. The summed E-state index contributed by atoms with van der Waals surface area (Å²) in [4.78, 5) is 53.7. The molecule has 12 heteroatoms. The van der Waals surface area contributed by atoms with Crippen molar-refractivity contribution in [3.05, 3.63) is 123 Å². The van der Waals surface area contributed by atoms with Gasteiger partial charge < -0.3 is 20.1 Å². The van der Waals surface area contributed by atoms with Crippen LogP contribution in [0.1, 0.15) is 33.0 Å². The fraction of sp³-hybridized carbons (Fsp3) is 0.222. The third kappa shape index (κ3) is 7.01. The monoisotopic (exact) mass is 703 g/mol. The minimum atomic E-state index is -1.01. The summed E-state index contributed by atoms with van der Waals surface area (Å²) >= 11 is 13.7. The maximum absolute atomic E-state index is 13.5. The Bertz CT molecular complexity index is 1810. The molecule has 4 aromatic rings. The van der Waals surface area contributed by atoms with Crippen LogP contribution in [0.25, 0.3) is 11.1 Å². The van der Waals surface area contributed by atoms with Crippen molar-refractivity contribution in [2.75, 3.05) is 30.7 Å². The lowest BCUT2D eigenvalue weighted by Gasteiger charge is -2.25. The molecule has 9 nitrogen and oxygen atoms in total. The summed E-state index contributed by atoms with van der Waals surface area (Å²) in [5.74, 6) is -1.05. The Kier molecular flexibility index (Phi) is 10.2. The minimum absolute atomic E-state index is 0.110. The summed E-state index contributed by atoms with van der Waals surface area (Å²) in [5, 5.41) is 5.98. The van der Waals surface area contributed by atoms with Crippen molar-refractivity contribution in [3.63, 3.8) is 0 Å². The van der Waals surface area contributed by atoms with Crippen molar-refractivity contribution in [2.24, 2.45) is 0 Å². The van der Waals surface area contributed by atoms with Gasteiger partial charge in [-0.2, -0.15) is 0 Å². The summed E-state index contributed by atoms with van der Waals surface area (Å²) < 4.78 is 10.8. The average Bonchev–Trinajstić information content (AvgIpc) is 3.71. The average molecular weight is 705 g/mol. The third-order valence-corrected chi connectivity index (χ3v) is 10.0. The van der Waals surface area contributed by atoms with Crippen LogP contribution in [-0.4, -0.2) is 66.2 Å². The SMILES string of the molecule is COC(=O)C(Cc1ccc(NC(=O)c2c(Cl)cccc2Cl)cc1)NC(=O)C1CSCN1C(=O)OCC1c2ccccc2-c2ccccc21. The molecule has 0 saturated carbocycles. The van der Waals surface area contributed by atoms with Crippen molar-refractivity contribution in [1.82, 2.24) is 10.2 Å². The molecule has 2 N–H and O–H groups in total. The third-order valence-electron chi connectivity index (χ3n) is 8.40. The molecule has 2 atom stereocenters. The molecule has 1 aliphatic carbocycles. The number of carbonyl (C=O) groups excluding carboxylic acids is 4. The Hall–Kier alpha value is -4.51. The van der Waals surface area contributed by atoms with Crippen LogP contribution in [0.3, 0.4) is 0 Å². The fourth-order valence-corrected chi connectivity index (χ4v) is 7.70. The van der Waals surface area contributed by atoms with Crippen LogP contribution in [0.2, 0.25) is 10.0 Å². The van der Waals surface area contributed by atoms with E-state index in [1.165, 1.54) is 23.8 Å². The zero-order valence-electron chi connectivity index (χ0n) is 25.8. The molecule has 1 saturated heterocycles. The van der Waals surface area contributed by atoms with Crippen molar-refractivity contribution < 1.29 is 28.7 Å². The second-order valence-electron chi connectivity index (χ2n) is 11.3. The first-order valence-electron chi connectivity index (χ1n) is 15.2. The van der Waals surface area contributed by atoms with Gasteiger partial charge >= 0.3 is 12.1 Å². The summed E-state index contributed by atoms with van der Waals surface area (Å²) in [5.41, 5.74) is 5.79. The van der Waals surface area contributed by atoms with Gasteiger partial charge in [-0.3, -0.25) is 14.5 Å². The molecule has 48 heavy (non-hydrogen) atoms. The van der Waals surface area contributed by atoms with Gasteiger partial charge in [-0.1, -0.05) is 89.9 Å². The molecule has 2 unspecified atom stereocenters. The molecular formula is C36H31Cl2N3O6S. The van der Waals surface area contributed by atoms with Gasteiger partial charge in [0.15, 0.2) is 0 Å². The Morgan fingerprint density at radius 3 is 2.12 bits per heavy atom. The number of thioether (sulfide) groups is 1. The number of hydrogen-bond donors (Lipinski definition) is 2. The van der Waals surface area contributed by atoms with E-state index in [-0.39, 0.29) is 40.4 Å². The molecule has 6 rings (SSSR count). The number of esters is 1. The zero-order valence-corrected chi connectivity index (χ0v) is 28.1.